The third-order valence-corrected chi connectivity index (χ3v) is 13.6. The van der Waals surface area contributed by atoms with E-state index in [2.05, 4.69) is 26.1 Å². The standard InChI is InChI=1S/C54H106N2O6/c1-4-7-10-13-16-19-22-24-26-28-30-32-35-38-41-44-49(58)55-51-53(61)52(60)48(47-57)62-54(51)56(46-43-40-37-34-21-18-15-12-9-6-3)50(59)45-42-39-36-33-31-29-27-25-23-20-17-14-11-8-5-2/h48,51-54,57,60-61H,4-47H2,1-3H3,(H,55,58)/t48-,51-,52-,53-,54?/m1/s1. The predicted molar refractivity (Wildman–Crippen MR) is 262 cm³/mol. The molecule has 1 unspecified atom stereocenters. The number of hydrogen-bond acceptors (Lipinski definition) is 6. The summed E-state index contributed by atoms with van der Waals surface area (Å²) >= 11 is 0. The van der Waals surface area contributed by atoms with Crippen LogP contribution in [-0.4, -0.2) is 75.8 Å². The maximum atomic E-state index is 14.0. The molecule has 8 nitrogen and oxygen atoms in total. The fraction of sp³-hybridized carbons (Fsp3) is 0.963. The van der Waals surface area contributed by atoms with Gasteiger partial charge >= 0.3 is 0 Å². The first-order chi connectivity index (χ1) is 30.4. The minimum absolute atomic E-state index is 0.0393. The summed E-state index contributed by atoms with van der Waals surface area (Å²) in [5.74, 6) is -0.233. The molecule has 5 atom stereocenters. The number of nitrogens with zero attached hydrogens (tertiary/aromatic N) is 1. The second kappa shape index (κ2) is 43.7. The van der Waals surface area contributed by atoms with E-state index in [0.717, 1.165) is 57.8 Å². The Kier molecular flexibility index (Phi) is 41.4. The zero-order chi connectivity index (χ0) is 45.1. The second-order valence-electron chi connectivity index (χ2n) is 19.5. The largest absolute Gasteiger partial charge is 0.394 e. The lowest BCUT2D eigenvalue weighted by Crippen LogP contribution is -2.68. The van der Waals surface area contributed by atoms with Crippen LogP contribution < -0.4 is 5.32 Å². The van der Waals surface area contributed by atoms with E-state index < -0.39 is 37.2 Å². The highest BCUT2D eigenvalue weighted by Crippen LogP contribution is 2.26. The summed E-state index contributed by atoms with van der Waals surface area (Å²) in [7, 11) is 0. The number of aliphatic hydroxyl groups is 3. The summed E-state index contributed by atoms with van der Waals surface area (Å²) in [6.07, 6.45) is 45.7. The predicted octanol–water partition coefficient (Wildman–Crippen LogP) is 14.2. The summed E-state index contributed by atoms with van der Waals surface area (Å²) in [5.41, 5.74) is 0. The number of amides is 2. The zero-order valence-electron chi connectivity index (χ0n) is 41.5. The van der Waals surface area contributed by atoms with Gasteiger partial charge in [0.15, 0.2) is 6.23 Å². The lowest BCUT2D eigenvalue weighted by atomic mass is 9.94. The molecule has 0 saturated carbocycles. The molecular weight excluding hydrogens is 773 g/mol. The van der Waals surface area contributed by atoms with E-state index in [1.807, 2.05) is 0 Å². The van der Waals surface area contributed by atoms with Crippen molar-refractivity contribution < 1.29 is 29.6 Å². The van der Waals surface area contributed by atoms with Gasteiger partial charge < -0.3 is 30.3 Å². The fourth-order valence-corrected chi connectivity index (χ4v) is 9.39. The lowest BCUT2D eigenvalue weighted by Gasteiger charge is -2.47. The van der Waals surface area contributed by atoms with Crippen molar-refractivity contribution in [1.29, 1.82) is 0 Å². The van der Waals surface area contributed by atoms with Crippen LogP contribution in [0.4, 0.5) is 0 Å². The highest BCUT2D eigenvalue weighted by molar-refractivity contribution is 5.78. The molecule has 1 rings (SSSR count). The minimum atomic E-state index is -1.36. The maximum absolute atomic E-state index is 14.0. The first-order valence-electron chi connectivity index (χ1n) is 27.6. The zero-order valence-corrected chi connectivity index (χ0v) is 41.5. The molecular formula is C54H106N2O6. The van der Waals surface area contributed by atoms with Crippen molar-refractivity contribution in [2.24, 2.45) is 0 Å². The van der Waals surface area contributed by atoms with Crippen LogP contribution >= 0.6 is 0 Å². The average molecular weight is 879 g/mol. The number of unbranched alkanes of at least 4 members (excludes halogenated alkanes) is 37. The van der Waals surface area contributed by atoms with Crippen molar-refractivity contribution in [3.8, 4) is 0 Å². The Morgan fingerprint density at radius 3 is 1.08 bits per heavy atom. The van der Waals surface area contributed by atoms with Gasteiger partial charge in [-0.2, -0.15) is 0 Å². The normalized spacial score (nSPS) is 19.0. The molecule has 8 heteroatoms. The SMILES string of the molecule is CCCCCCCCCCCCCCCCCC(=O)N[C@H]1C(N(CCCCCCCCCCCC)C(=O)CCCCCCCCCCCCCCCCC)O[C@H](CO)[C@@H](O)[C@@H]1O. The third kappa shape index (κ3) is 31.6. The van der Waals surface area contributed by atoms with Gasteiger partial charge in [0, 0.05) is 19.4 Å². The maximum Gasteiger partial charge on any atom is 0.224 e. The van der Waals surface area contributed by atoms with Crippen LogP contribution in [-0.2, 0) is 14.3 Å². The van der Waals surface area contributed by atoms with Gasteiger partial charge in [-0.1, -0.05) is 258 Å². The number of nitrogens with one attached hydrogen (secondary N) is 1. The molecule has 1 fully saturated rings. The van der Waals surface area contributed by atoms with Crippen molar-refractivity contribution in [2.75, 3.05) is 13.2 Å². The molecule has 1 saturated heterocycles. The van der Waals surface area contributed by atoms with Gasteiger partial charge in [0.1, 0.15) is 24.4 Å². The van der Waals surface area contributed by atoms with Crippen LogP contribution in [0.3, 0.4) is 0 Å². The van der Waals surface area contributed by atoms with E-state index in [1.165, 1.54) is 199 Å². The van der Waals surface area contributed by atoms with Gasteiger partial charge in [-0.3, -0.25) is 9.59 Å². The first-order valence-corrected chi connectivity index (χ1v) is 27.6. The molecule has 2 amide bonds. The molecule has 0 bridgehead atoms. The number of ether oxygens (including phenoxy) is 1. The Balaban J connectivity index is 2.62. The van der Waals surface area contributed by atoms with E-state index in [-0.39, 0.29) is 11.8 Å². The monoisotopic (exact) mass is 879 g/mol. The molecule has 62 heavy (non-hydrogen) atoms. The first kappa shape index (κ1) is 58.8. The van der Waals surface area contributed by atoms with E-state index in [9.17, 15) is 24.9 Å². The number of carbonyl (C=O) groups is 2. The molecule has 0 spiro atoms. The molecule has 1 aliphatic heterocycles. The van der Waals surface area contributed by atoms with E-state index in [0.29, 0.717) is 19.4 Å². The number of hydrogen-bond donors (Lipinski definition) is 4. The third-order valence-electron chi connectivity index (χ3n) is 13.6. The molecule has 0 aromatic carbocycles. The Morgan fingerprint density at radius 1 is 0.435 bits per heavy atom. The summed E-state index contributed by atoms with van der Waals surface area (Å²) in [6, 6.07) is -0.968. The summed E-state index contributed by atoms with van der Waals surface area (Å²) in [5, 5.41) is 35.4. The fourth-order valence-electron chi connectivity index (χ4n) is 9.39. The number of carbonyl (C=O) groups excluding carboxylic acids is 2. The van der Waals surface area contributed by atoms with E-state index >= 15 is 0 Å². The summed E-state index contributed by atoms with van der Waals surface area (Å²) in [6.45, 7) is 6.78. The topological polar surface area (TPSA) is 119 Å². The Bertz CT molecular complexity index is 983. The molecule has 4 N–H and O–H groups in total. The highest BCUT2D eigenvalue weighted by Gasteiger charge is 2.48. The molecule has 368 valence electrons. The van der Waals surface area contributed by atoms with Crippen LogP contribution in [0.5, 0.6) is 0 Å². The molecule has 1 aliphatic rings. The summed E-state index contributed by atoms with van der Waals surface area (Å²) < 4.78 is 6.25. The van der Waals surface area contributed by atoms with Gasteiger partial charge in [-0.25, -0.2) is 0 Å². The Morgan fingerprint density at radius 2 is 0.742 bits per heavy atom. The molecule has 0 aromatic heterocycles. The van der Waals surface area contributed by atoms with Crippen LogP contribution in [0.2, 0.25) is 0 Å². The lowest BCUT2D eigenvalue weighted by molar-refractivity contribution is -0.231. The van der Waals surface area contributed by atoms with E-state index in [1.54, 1.807) is 4.90 Å². The van der Waals surface area contributed by atoms with Gasteiger partial charge in [-0.05, 0) is 19.3 Å². The molecule has 0 radical (unpaired) electrons. The van der Waals surface area contributed by atoms with Gasteiger partial charge in [0.25, 0.3) is 0 Å². The average Bonchev–Trinajstić information content (AvgIpc) is 3.27. The smallest absolute Gasteiger partial charge is 0.224 e. The van der Waals surface area contributed by atoms with E-state index in [4.69, 9.17) is 4.74 Å². The summed E-state index contributed by atoms with van der Waals surface area (Å²) in [4.78, 5) is 29.1. The Hall–Kier alpha value is -1.22. The number of rotatable bonds is 46. The van der Waals surface area contributed by atoms with Crippen molar-refractivity contribution in [2.45, 2.75) is 321 Å². The molecule has 0 aromatic rings. The van der Waals surface area contributed by atoms with Gasteiger partial charge in [-0.15, -0.1) is 0 Å². The number of aliphatic hydroxyl groups excluding tert-OH is 3. The van der Waals surface area contributed by atoms with Gasteiger partial charge in [0.2, 0.25) is 11.8 Å². The minimum Gasteiger partial charge on any atom is -0.394 e. The van der Waals surface area contributed by atoms with Crippen LogP contribution in [0, 0.1) is 0 Å². The van der Waals surface area contributed by atoms with Crippen LogP contribution in [0.1, 0.15) is 290 Å². The quantitative estimate of drug-likeness (QED) is 0.0452. The molecule has 0 aliphatic carbocycles. The van der Waals surface area contributed by atoms with Gasteiger partial charge in [0.05, 0.1) is 6.61 Å². The van der Waals surface area contributed by atoms with Crippen molar-refractivity contribution >= 4 is 11.8 Å². The Labute approximate surface area is 384 Å². The second-order valence-corrected chi connectivity index (χ2v) is 19.5. The molecule has 1 heterocycles. The highest BCUT2D eigenvalue weighted by atomic mass is 16.5. The van der Waals surface area contributed by atoms with Crippen molar-refractivity contribution in [3.63, 3.8) is 0 Å². The van der Waals surface area contributed by atoms with Crippen LogP contribution in [0.25, 0.3) is 0 Å². The van der Waals surface area contributed by atoms with Crippen molar-refractivity contribution in [3.05, 3.63) is 0 Å². The van der Waals surface area contributed by atoms with Crippen molar-refractivity contribution in [1.82, 2.24) is 10.2 Å². The van der Waals surface area contributed by atoms with Crippen LogP contribution in [0.15, 0.2) is 0 Å².